The van der Waals surface area contributed by atoms with Crippen LogP contribution in [0.1, 0.15) is 20.7 Å². The molecule has 0 radical (unpaired) electrons. The Morgan fingerprint density at radius 3 is 3.30 bits per heavy atom. The van der Waals surface area contributed by atoms with E-state index in [0.717, 1.165) is 5.92 Å². The molecule has 0 aliphatic carbocycles. The third-order valence-corrected chi connectivity index (χ3v) is 2.14. The molecule has 1 heterocycles. The summed E-state index contributed by atoms with van der Waals surface area (Å²) in [6, 6.07) is 0. The first-order valence-electron chi connectivity index (χ1n) is 4.29. The van der Waals surface area contributed by atoms with E-state index >= 15 is 0 Å². The minimum Gasteiger partial charge on any atom is -0.319 e. The summed E-state index contributed by atoms with van der Waals surface area (Å²) in [4.78, 5) is 0. The van der Waals surface area contributed by atoms with Gasteiger partial charge in [-0.15, -0.1) is 0 Å². The first-order valence-corrected chi connectivity index (χ1v) is 4.29. The Bertz CT molecular complexity index is 80.2. The standard InChI is InChI=1S/C8H18N2.H2/c1-9-6-8-4-2-3-5-10-7-8;/h8-10H,2-7H2,1H3;1H. The van der Waals surface area contributed by atoms with Crippen molar-refractivity contribution in [2.75, 3.05) is 26.7 Å². The minimum absolute atomic E-state index is 0. The van der Waals surface area contributed by atoms with Gasteiger partial charge in [-0.25, -0.2) is 0 Å². The van der Waals surface area contributed by atoms with Gasteiger partial charge in [-0.1, -0.05) is 6.42 Å². The lowest BCUT2D eigenvalue weighted by Crippen LogP contribution is -2.27. The summed E-state index contributed by atoms with van der Waals surface area (Å²) >= 11 is 0. The van der Waals surface area contributed by atoms with Crippen molar-refractivity contribution >= 4 is 0 Å². The molecule has 0 bridgehead atoms. The van der Waals surface area contributed by atoms with Crippen LogP contribution in [0, 0.1) is 5.92 Å². The highest BCUT2D eigenvalue weighted by Gasteiger charge is 2.09. The second-order valence-corrected chi connectivity index (χ2v) is 3.12. The molecule has 1 saturated heterocycles. The van der Waals surface area contributed by atoms with Crippen LogP contribution in [0.4, 0.5) is 0 Å². The van der Waals surface area contributed by atoms with Crippen LogP contribution < -0.4 is 10.6 Å². The maximum atomic E-state index is 3.44. The van der Waals surface area contributed by atoms with Crippen molar-refractivity contribution in [2.24, 2.45) is 5.92 Å². The minimum atomic E-state index is 0. The van der Waals surface area contributed by atoms with Crippen LogP contribution in [0.2, 0.25) is 0 Å². The van der Waals surface area contributed by atoms with E-state index in [1.54, 1.807) is 0 Å². The molecule has 0 aromatic carbocycles. The maximum absolute atomic E-state index is 3.44. The predicted molar refractivity (Wildman–Crippen MR) is 46.3 cm³/mol. The Kier molecular flexibility index (Phi) is 3.76. The predicted octanol–water partition coefficient (Wildman–Crippen LogP) is 0.841. The summed E-state index contributed by atoms with van der Waals surface area (Å²) in [6.45, 7) is 3.61. The van der Waals surface area contributed by atoms with E-state index < -0.39 is 0 Å². The Balaban J connectivity index is 0.000001000. The van der Waals surface area contributed by atoms with Crippen LogP contribution in [0.15, 0.2) is 0 Å². The van der Waals surface area contributed by atoms with Crippen LogP contribution in [-0.4, -0.2) is 26.7 Å². The zero-order valence-corrected chi connectivity index (χ0v) is 6.82. The monoisotopic (exact) mass is 144 g/mol. The highest BCUT2D eigenvalue weighted by Crippen LogP contribution is 2.09. The van der Waals surface area contributed by atoms with Gasteiger partial charge < -0.3 is 10.6 Å². The smallest absolute Gasteiger partial charge is 0 e. The fourth-order valence-electron chi connectivity index (χ4n) is 1.55. The van der Waals surface area contributed by atoms with Crippen molar-refractivity contribution in [2.45, 2.75) is 19.3 Å². The van der Waals surface area contributed by atoms with Gasteiger partial charge in [0, 0.05) is 1.43 Å². The molecule has 1 aliphatic rings. The molecule has 10 heavy (non-hydrogen) atoms. The van der Waals surface area contributed by atoms with Crippen molar-refractivity contribution in [3.63, 3.8) is 0 Å². The van der Waals surface area contributed by atoms with E-state index in [1.807, 2.05) is 7.05 Å². The lowest BCUT2D eigenvalue weighted by molar-refractivity contribution is 0.459. The average Bonchev–Trinajstić information content (AvgIpc) is 2.17. The highest BCUT2D eigenvalue weighted by molar-refractivity contribution is 4.68. The second-order valence-electron chi connectivity index (χ2n) is 3.12. The highest BCUT2D eigenvalue weighted by atomic mass is 14.9. The molecule has 2 N–H and O–H groups in total. The zero-order valence-electron chi connectivity index (χ0n) is 6.82. The van der Waals surface area contributed by atoms with E-state index in [2.05, 4.69) is 10.6 Å². The van der Waals surface area contributed by atoms with Crippen molar-refractivity contribution < 1.29 is 1.43 Å². The SMILES string of the molecule is CNCC1CCCCNC1.[HH]. The quantitative estimate of drug-likeness (QED) is 0.600. The molecule has 0 spiro atoms. The van der Waals surface area contributed by atoms with Crippen LogP contribution in [0.3, 0.4) is 0 Å². The number of rotatable bonds is 2. The van der Waals surface area contributed by atoms with Gasteiger partial charge >= 0.3 is 0 Å². The summed E-state index contributed by atoms with van der Waals surface area (Å²) in [5.41, 5.74) is 0. The molecule has 2 heteroatoms. The Hall–Kier alpha value is -0.0800. The van der Waals surface area contributed by atoms with E-state index in [9.17, 15) is 0 Å². The molecule has 1 fully saturated rings. The second kappa shape index (κ2) is 4.69. The molecule has 0 aromatic heterocycles. The average molecular weight is 144 g/mol. The first kappa shape index (κ1) is 8.02. The number of nitrogens with one attached hydrogen (secondary N) is 2. The van der Waals surface area contributed by atoms with Crippen LogP contribution in [-0.2, 0) is 0 Å². The number of hydrogen-bond donors (Lipinski definition) is 2. The topological polar surface area (TPSA) is 24.1 Å². The third-order valence-electron chi connectivity index (χ3n) is 2.14. The normalized spacial score (nSPS) is 27.9. The molecule has 0 amide bonds. The molecule has 1 aliphatic heterocycles. The zero-order chi connectivity index (χ0) is 7.23. The molecular weight excluding hydrogens is 124 g/mol. The van der Waals surface area contributed by atoms with Gasteiger partial charge in [0.15, 0.2) is 0 Å². The summed E-state index contributed by atoms with van der Waals surface area (Å²) in [5, 5.41) is 6.67. The van der Waals surface area contributed by atoms with E-state index in [4.69, 9.17) is 0 Å². The van der Waals surface area contributed by atoms with Gasteiger partial charge in [-0.05, 0) is 45.4 Å². The van der Waals surface area contributed by atoms with E-state index in [-0.39, 0.29) is 1.43 Å². The lowest BCUT2D eigenvalue weighted by atomic mass is 10.0. The molecule has 0 aromatic rings. The molecule has 2 nitrogen and oxygen atoms in total. The summed E-state index contributed by atoms with van der Waals surface area (Å²) in [7, 11) is 2.03. The van der Waals surface area contributed by atoms with Gasteiger partial charge in [0.1, 0.15) is 0 Å². The molecule has 0 saturated carbocycles. The van der Waals surface area contributed by atoms with E-state index in [1.165, 1.54) is 38.9 Å². The van der Waals surface area contributed by atoms with Crippen molar-refractivity contribution in [3.05, 3.63) is 0 Å². The molecular formula is C8H20N2. The third kappa shape index (κ3) is 2.67. The Labute approximate surface area is 64.9 Å². The van der Waals surface area contributed by atoms with Gasteiger partial charge in [0.2, 0.25) is 0 Å². The van der Waals surface area contributed by atoms with E-state index in [0.29, 0.717) is 0 Å². The fourth-order valence-corrected chi connectivity index (χ4v) is 1.55. The van der Waals surface area contributed by atoms with Crippen LogP contribution in [0.5, 0.6) is 0 Å². The summed E-state index contributed by atoms with van der Waals surface area (Å²) < 4.78 is 0. The molecule has 1 atom stereocenters. The maximum Gasteiger partial charge on any atom is 0 e. The molecule has 1 rings (SSSR count). The fraction of sp³-hybridized carbons (Fsp3) is 1.00. The molecule has 62 valence electrons. The van der Waals surface area contributed by atoms with Crippen LogP contribution >= 0.6 is 0 Å². The van der Waals surface area contributed by atoms with Gasteiger partial charge in [0.25, 0.3) is 0 Å². The Morgan fingerprint density at radius 1 is 1.60 bits per heavy atom. The lowest BCUT2D eigenvalue weighted by Gasteiger charge is -2.12. The Morgan fingerprint density at radius 2 is 2.50 bits per heavy atom. The van der Waals surface area contributed by atoms with Crippen molar-refractivity contribution in [3.8, 4) is 0 Å². The van der Waals surface area contributed by atoms with Crippen molar-refractivity contribution in [1.82, 2.24) is 10.6 Å². The summed E-state index contributed by atoms with van der Waals surface area (Å²) in [5.74, 6) is 0.868. The first-order chi connectivity index (χ1) is 4.93. The van der Waals surface area contributed by atoms with Gasteiger partial charge in [-0.3, -0.25) is 0 Å². The number of hydrogen-bond acceptors (Lipinski definition) is 2. The van der Waals surface area contributed by atoms with Gasteiger partial charge in [0.05, 0.1) is 0 Å². The summed E-state index contributed by atoms with van der Waals surface area (Å²) in [6.07, 6.45) is 4.16. The molecule has 1 unspecified atom stereocenters. The van der Waals surface area contributed by atoms with Crippen molar-refractivity contribution in [1.29, 1.82) is 0 Å². The van der Waals surface area contributed by atoms with Gasteiger partial charge in [-0.2, -0.15) is 0 Å². The largest absolute Gasteiger partial charge is 0.319 e. The van der Waals surface area contributed by atoms with Crippen LogP contribution in [0.25, 0.3) is 0 Å².